The number of nitrogens with zero attached hydrogens (tertiary/aromatic N) is 4. The second-order valence-electron chi connectivity index (χ2n) is 4.18. The first-order valence-corrected chi connectivity index (χ1v) is 5.52. The van der Waals surface area contributed by atoms with Crippen LogP contribution >= 0.6 is 0 Å². The number of aromatic nitrogens is 3. The molecule has 0 amide bonds. The van der Waals surface area contributed by atoms with Gasteiger partial charge in [0.25, 0.3) is 0 Å². The van der Waals surface area contributed by atoms with Crippen LogP contribution in [0.4, 0.5) is 5.82 Å². The minimum absolute atomic E-state index is 0.292. The van der Waals surface area contributed by atoms with E-state index in [9.17, 15) is 4.79 Å². The molecule has 17 heavy (non-hydrogen) atoms. The molecule has 0 bridgehead atoms. The Labute approximate surface area is 97.5 Å². The van der Waals surface area contributed by atoms with Crippen molar-refractivity contribution in [2.75, 3.05) is 18.0 Å². The molecule has 1 atom stereocenters. The highest BCUT2D eigenvalue weighted by molar-refractivity contribution is 5.74. The highest BCUT2D eigenvalue weighted by atomic mass is 16.4. The van der Waals surface area contributed by atoms with Gasteiger partial charge in [-0.1, -0.05) is 0 Å². The third-order valence-corrected chi connectivity index (χ3v) is 3.14. The van der Waals surface area contributed by atoms with Crippen molar-refractivity contribution in [2.24, 2.45) is 5.92 Å². The zero-order chi connectivity index (χ0) is 11.8. The van der Waals surface area contributed by atoms with Crippen molar-refractivity contribution in [3.63, 3.8) is 0 Å². The van der Waals surface area contributed by atoms with Crippen LogP contribution < -0.4 is 4.90 Å². The molecule has 3 heterocycles. The summed E-state index contributed by atoms with van der Waals surface area (Å²) in [5.41, 5.74) is 0.915. The van der Waals surface area contributed by atoms with Gasteiger partial charge < -0.3 is 10.0 Å². The molecular formula is C11H12N4O2. The van der Waals surface area contributed by atoms with Gasteiger partial charge in [0.2, 0.25) is 0 Å². The van der Waals surface area contributed by atoms with E-state index in [2.05, 4.69) is 10.1 Å². The standard InChI is InChI=1S/C11H12N4O2/c16-11(17)8-2-5-14(7-8)10-9-1-3-13-15(9)6-4-12-10/h1,3-4,6,8H,2,5,7H2,(H,16,17)/t8-/m0/s1. The largest absolute Gasteiger partial charge is 0.481 e. The van der Waals surface area contributed by atoms with Gasteiger partial charge in [0.15, 0.2) is 5.82 Å². The van der Waals surface area contributed by atoms with Gasteiger partial charge in [-0.15, -0.1) is 0 Å². The van der Waals surface area contributed by atoms with Crippen molar-refractivity contribution in [1.82, 2.24) is 14.6 Å². The van der Waals surface area contributed by atoms with Gasteiger partial charge >= 0.3 is 5.97 Å². The molecule has 88 valence electrons. The molecule has 0 saturated carbocycles. The molecule has 1 saturated heterocycles. The number of carboxylic acids is 1. The summed E-state index contributed by atoms with van der Waals surface area (Å²) in [6.45, 7) is 1.25. The topological polar surface area (TPSA) is 70.7 Å². The summed E-state index contributed by atoms with van der Waals surface area (Å²) in [6, 6.07) is 1.89. The van der Waals surface area contributed by atoms with Crippen LogP contribution in [0.25, 0.3) is 5.52 Å². The molecule has 6 heteroatoms. The molecule has 2 aromatic rings. The zero-order valence-electron chi connectivity index (χ0n) is 9.15. The molecular weight excluding hydrogens is 220 g/mol. The Kier molecular flexibility index (Phi) is 2.21. The molecule has 1 fully saturated rings. The van der Waals surface area contributed by atoms with Crippen LogP contribution in [-0.4, -0.2) is 38.8 Å². The summed E-state index contributed by atoms with van der Waals surface area (Å²) in [4.78, 5) is 17.3. The Morgan fingerprint density at radius 3 is 3.12 bits per heavy atom. The van der Waals surface area contributed by atoms with Crippen LogP contribution in [0.2, 0.25) is 0 Å². The number of rotatable bonds is 2. The van der Waals surface area contributed by atoms with Gasteiger partial charge in [-0.3, -0.25) is 4.79 Å². The zero-order valence-corrected chi connectivity index (χ0v) is 9.15. The van der Waals surface area contributed by atoms with E-state index in [-0.39, 0.29) is 5.92 Å². The summed E-state index contributed by atoms with van der Waals surface area (Å²) >= 11 is 0. The quantitative estimate of drug-likeness (QED) is 0.822. The van der Waals surface area contributed by atoms with E-state index in [4.69, 9.17) is 5.11 Å². The molecule has 1 N–H and O–H groups in total. The van der Waals surface area contributed by atoms with Crippen molar-refractivity contribution >= 4 is 17.3 Å². The Balaban J connectivity index is 1.95. The lowest BCUT2D eigenvalue weighted by molar-refractivity contribution is -0.140. The fourth-order valence-electron chi connectivity index (χ4n) is 2.24. The van der Waals surface area contributed by atoms with Crippen molar-refractivity contribution in [2.45, 2.75) is 6.42 Å². The molecule has 2 aromatic heterocycles. The fraction of sp³-hybridized carbons (Fsp3) is 0.364. The van der Waals surface area contributed by atoms with Crippen LogP contribution in [0.15, 0.2) is 24.7 Å². The monoisotopic (exact) mass is 232 g/mol. The van der Waals surface area contributed by atoms with Crippen molar-refractivity contribution in [3.8, 4) is 0 Å². The molecule has 6 nitrogen and oxygen atoms in total. The number of fused-ring (bicyclic) bond motifs is 1. The summed E-state index contributed by atoms with van der Waals surface area (Å²) in [6.07, 6.45) is 5.85. The predicted octanol–water partition coefficient (Wildman–Crippen LogP) is 0.640. The van der Waals surface area contributed by atoms with Crippen LogP contribution in [0, 0.1) is 5.92 Å². The lowest BCUT2D eigenvalue weighted by atomic mass is 10.1. The summed E-state index contributed by atoms with van der Waals surface area (Å²) in [5, 5.41) is 13.1. The molecule has 0 aromatic carbocycles. The van der Waals surface area contributed by atoms with E-state index in [1.54, 1.807) is 23.1 Å². The van der Waals surface area contributed by atoms with E-state index >= 15 is 0 Å². The molecule has 0 radical (unpaired) electrons. The second kappa shape index (κ2) is 3.73. The minimum Gasteiger partial charge on any atom is -0.481 e. The number of aliphatic carboxylic acids is 1. The number of hydrogen-bond donors (Lipinski definition) is 1. The highest BCUT2D eigenvalue weighted by Gasteiger charge is 2.29. The van der Waals surface area contributed by atoms with Gasteiger partial charge in [0, 0.05) is 25.5 Å². The Morgan fingerprint density at radius 2 is 2.35 bits per heavy atom. The summed E-state index contributed by atoms with van der Waals surface area (Å²) < 4.78 is 1.75. The number of anilines is 1. The van der Waals surface area contributed by atoms with Gasteiger partial charge in [-0.05, 0) is 12.5 Å². The molecule has 1 aliphatic heterocycles. The maximum atomic E-state index is 10.9. The number of carbonyl (C=O) groups is 1. The molecule has 3 rings (SSSR count). The summed E-state index contributed by atoms with van der Waals surface area (Å²) in [5.74, 6) is -0.207. The lowest BCUT2D eigenvalue weighted by Crippen LogP contribution is -2.24. The number of carboxylic acid groups (broad SMARTS) is 1. The first-order valence-electron chi connectivity index (χ1n) is 5.52. The average molecular weight is 232 g/mol. The molecule has 1 aliphatic rings. The van der Waals surface area contributed by atoms with Crippen LogP contribution in [0.3, 0.4) is 0 Å². The number of hydrogen-bond acceptors (Lipinski definition) is 4. The first-order chi connectivity index (χ1) is 8.25. The van der Waals surface area contributed by atoms with Gasteiger partial charge in [0.05, 0.1) is 12.1 Å². The Hall–Kier alpha value is -2.11. The third-order valence-electron chi connectivity index (χ3n) is 3.14. The maximum Gasteiger partial charge on any atom is 0.308 e. The Bertz CT molecular complexity index is 565. The van der Waals surface area contributed by atoms with Crippen LogP contribution in [0.5, 0.6) is 0 Å². The predicted molar refractivity (Wildman–Crippen MR) is 60.9 cm³/mol. The maximum absolute atomic E-state index is 10.9. The van der Waals surface area contributed by atoms with E-state index in [1.807, 2.05) is 11.0 Å². The van der Waals surface area contributed by atoms with Crippen molar-refractivity contribution in [3.05, 3.63) is 24.7 Å². The average Bonchev–Trinajstić information content (AvgIpc) is 2.97. The van der Waals surface area contributed by atoms with Crippen molar-refractivity contribution in [1.29, 1.82) is 0 Å². The third kappa shape index (κ3) is 1.61. The first kappa shape index (κ1) is 10.1. The van der Waals surface area contributed by atoms with E-state index in [1.165, 1.54) is 0 Å². The SMILES string of the molecule is O=C(O)[C@H]1CCN(c2nccn3nccc23)C1. The minimum atomic E-state index is -0.729. The molecule has 0 unspecified atom stereocenters. The van der Waals surface area contributed by atoms with Crippen LogP contribution in [0.1, 0.15) is 6.42 Å². The Morgan fingerprint density at radius 1 is 1.47 bits per heavy atom. The second-order valence-corrected chi connectivity index (χ2v) is 4.18. The van der Waals surface area contributed by atoms with E-state index in [0.29, 0.717) is 13.0 Å². The highest BCUT2D eigenvalue weighted by Crippen LogP contribution is 2.25. The van der Waals surface area contributed by atoms with Gasteiger partial charge in [0.1, 0.15) is 5.52 Å². The van der Waals surface area contributed by atoms with Gasteiger partial charge in [-0.2, -0.15) is 5.10 Å². The lowest BCUT2D eigenvalue weighted by Gasteiger charge is -2.17. The van der Waals surface area contributed by atoms with E-state index < -0.39 is 5.97 Å². The van der Waals surface area contributed by atoms with E-state index in [0.717, 1.165) is 17.9 Å². The van der Waals surface area contributed by atoms with Gasteiger partial charge in [-0.25, -0.2) is 9.50 Å². The smallest absolute Gasteiger partial charge is 0.308 e. The summed E-state index contributed by atoms with van der Waals surface area (Å²) in [7, 11) is 0. The normalized spacial score (nSPS) is 20.0. The molecule has 0 spiro atoms. The van der Waals surface area contributed by atoms with Crippen molar-refractivity contribution < 1.29 is 9.90 Å². The fourth-order valence-corrected chi connectivity index (χ4v) is 2.24. The molecule has 0 aliphatic carbocycles. The van der Waals surface area contributed by atoms with Crippen LogP contribution in [-0.2, 0) is 4.79 Å².